The van der Waals surface area contributed by atoms with Gasteiger partial charge in [-0.25, -0.2) is 9.97 Å². The smallest absolute Gasteiger partial charge is 0.338 e. The molecule has 0 aliphatic carbocycles. The van der Waals surface area contributed by atoms with E-state index < -0.39 is 11.9 Å². The normalized spacial score (nSPS) is 20.6. The van der Waals surface area contributed by atoms with Gasteiger partial charge in [0.05, 0.1) is 0 Å². The summed E-state index contributed by atoms with van der Waals surface area (Å²) < 4.78 is 38.0. The fourth-order valence-corrected chi connectivity index (χ4v) is 2.86. The zero-order chi connectivity index (χ0) is 13.9. The van der Waals surface area contributed by atoms with Crippen LogP contribution in [0.1, 0.15) is 31.4 Å². The molecular formula is C12H15BrF3N3. The van der Waals surface area contributed by atoms with Gasteiger partial charge in [0.25, 0.3) is 0 Å². The Labute approximate surface area is 118 Å². The number of aromatic nitrogens is 2. The lowest BCUT2D eigenvalue weighted by molar-refractivity contribution is -0.141. The van der Waals surface area contributed by atoms with E-state index in [9.17, 15) is 13.2 Å². The molecule has 0 saturated carbocycles. The molecule has 2 rings (SSSR count). The van der Waals surface area contributed by atoms with Gasteiger partial charge in [0, 0.05) is 24.1 Å². The Kier molecular flexibility index (Phi) is 4.65. The van der Waals surface area contributed by atoms with Gasteiger partial charge in [-0.15, -0.1) is 0 Å². The second-order valence-electron chi connectivity index (χ2n) is 4.56. The van der Waals surface area contributed by atoms with Crippen LogP contribution in [0.3, 0.4) is 0 Å². The molecule has 0 bridgehead atoms. The van der Waals surface area contributed by atoms with E-state index in [1.807, 2.05) is 4.90 Å². The molecule has 1 aliphatic rings. The summed E-state index contributed by atoms with van der Waals surface area (Å²) in [6.45, 7) is 0.721. The monoisotopic (exact) mass is 337 g/mol. The van der Waals surface area contributed by atoms with E-state index in [0.29, 0.717) is 0 Å². The van der Waals surface area contributed by atoms with E-state index >= 15 is 0 Å². The van der Waals surface area contributed by atoms with Gasteiger partial charge in [-0.1, -0.05) is 15.9 Å². The highest BCUT2D eigenvalue weighted by Gasteiger charge is 2.34. The number of hydrogen-bond donors (Lipinski definition) is 0. The molecule has 0 N–H and O–H groups in total. The molecule has 0 radical (unpaired) electrons. The first-order valence-electron chi connectivity index (χ1n) is 6.25. The predicted molar refractivity (Wildman–Crippen MR) is 70.4 cm³/mol. The Balaban J connectivity index is 2.24. The molecule has 0 aromatic carbocycles. The molecule has 1 aromatic heterocycles. The summed E-state index contributed by atoms with van der Waals surface area (Å²) in [5.41, 5.74) is -0.874. The maximum absolute atomic E-state index is 12.7. The maximum atomic E-state index is 12.7. The van der Waals surface area contributed by atoms with Crippen molar-refractivity contribution in [3.8, 4) is 0 Å². The number of alkyl halides is 4. The molecule has 0 amide bonds. The van der Waals surface area contributed by atoms with Crippen LogP contribution in [0.5, 0.6) is 0 Å². The van der Waals surface area contributed by atoms with Crippen LogP contribution in [0.25, 0.3) is 0 Å². The Hall–Kier alpha value is -0.850. The third-order valence-electron chi connectivity index (χ3n) is 3.26. The van der Waals surface area contributed by atoms with Crippen molar-refractivity contribution in [2.45, 2.75) is 37.9 Å². The number of anilines is 1. The molecule has 3 nitrogen and oxygen atoms in total. The van der Waals surface area contributed by atoms with Gasteiger partial charge in [-0.3, -0.25) is 0 Å². The van der Waals surface area contributed by atoms with Gasteiger partial charge < -0.3 is 4.90 Å². The molecule has 7 heteroatoms. The minimum Gasteiger partial charge on any atom is -0.338 e. The molecular weight excluding hydrogens is 323 g/mol. The summed E-state index contributed by atoms with van der Waals surface area (Å²) in [7, 11) is 0. The SMILES string of the molecule is FC(F)(F)c1ccnc(N2CCCCC2CCBr)n1. The topological polar surface area (TPSA) is 29.0 Å². The summed E-state index contributed by atoms with van der Waals surface area (Å²) in [5.74, 6) is 0.195. The zero-order valence-electron chi connectivity index (χ0n) is 10.3. The average molecular weight is 338 g/mol. The lowest BCUT2D eigenvalue weighted by Gasteiger charge is -2.35. The fourth-order valence-electron chi connectivity index (χ4n) is 2.33. The molecule has 2 heterocycles. The molecule has 19 heavy (non-hydrogen) atoms. The van der Waals surface area contributed by atoms with E-state index in [-0.39, 0.29) is 12.0 Å². The number of halogens is 4. The quantitative estimate of drug-likeness (QED) is 0.788. The van der Waals surface area contributed by atoms with Crippen molar-refractivity contribution in [2.24, 2.45) is 0 Å². The lowest BCUT2D eigenvalue weighted by atomic mass is 10.0. The first-order valence-corrected chi connectivity index (χ1v) is 7.37. The molecule has 1 fully saturated rings. The molecule has 106 valence electrons. The first kappa shape index (κ1) is 14.6. The molecule has 1 saturated heterocycles. The van der Waals surface area contributed by atoms with Crippen LogP contribution < -0.4 is 4.90 Å². The summed E-state index contributed by atoms with van der Waals surface area (Å²) in [4.78, 5) is 9.59. The van der Waals surface area contributed by atoms with Crippen LogP contribution in [0.4, 0.5) is 19.1 Å². The largest absolute Gasteiger partial charge is 0.433 e. The number of piperidine rings is 1. The van der Waals surface area contributed by atoms with E-state index in [1.165, 1.54) is 6.20 Å². The summed E-state index contributed by atoms with van der Waals surface area (Å²) in [6, 6.07) is 1.13. The van der Waals surface area contributed by atoms with Gasteiger partial charge in [0.2, 0.25) is 5.95 Å². The van der Waals surface area contributed by atoms with Gasteiger partial charge in [0.15, 0.2) is 0 Å². The van der Waals surface area contributed by atoms with Crippen LogP contribution in [-0.2, 0) is 6.18 Å². The Bertz CT molecular complexity index is 423. The minimum absolute atomic E-state index is 0.195. The van der Waals surface area contributed by atoms with E-state index in [1.54, 1.807) is 0 Å². The molecule has 1 aromatic rings. The number of rotatable bonds is 3. The number of hydrogen-bond acceptors (Lipinski definition) is 3. The minimum atomic E-state index is -4.42. The van der Waals surface area contributed by atoms with E-state index in [0.717, 1.165) is 43.6 Å². The van der Waals surface area contributed by atoms with Crippen molar-refractivity contribution in [1.82, 2.24) is 9.97 Å². The van der Waals surface area contributed by atoms with Crippen LogP contribution in [-0.4, -0.2) is 27.9 Å². The number of nitrogens with zero attached hydrogens (tertiary/aromatic N) is 3. The third kappa shape index (κ3) is 3.58. The predicted octanol–water partition coefficient (Wildman–Crippen LogP) is 3.64. The maximum Gasteiger partial charge on any atom is 0.433 e. The molecule has 0 spiro atoms. The first-order chi connectivity index (χ1) is 9.02. The standard InChI is InChI=1S/C12H15BrF3N3/c13-6-4-9-3-1-2-8-19(9)11-17-7-5-10(18-11)12(14,15)16/h5,7,9H,1-4,6,8H2. The van der Waals surface area contributed by atoms with Crippen molar-refractivity contribution in [3.05, 3.63) is 18.0 Å². The van der Waals surface area contributed by atoms with Crippen LogP contribution in [0.15, 0.2) is 12.3 Å². The summed E-state index contributed by atoms with van der Waals surface area (Å²) in [6.07, 6.45) is 0.708. The lowest BCUT2D eigenvalue weighted by Crippen LogP contribution is -2.41. The molecule has 1 atom stereocenters. The second-order valence-corrected chi connectivity index (χ2v) is 5.35. The Morgan fingerprint density at radius 3 is 2.84 bits per heavy atom. The van der Waals surface area contributed by atoms with Crippen LogP contribution in [0.2, 0.25) is 0 Å². The highest BCUT2D eigenvalue weighted by Crippen LogP contribution is 2.30. The van der Waals surface area contributed by atoms with Crippen LogP contribution >= 0.6 is 15.9 Å². The van der Waals surface area contributed by atoms with Gasteiger partial charge in [0.1, 0.15) is 5.69 Å². The van der Waals surface area contributed by atoms with E-state index in [2.05, 4.69) is 25.9 Å². The summed E-state index contributed by atoms with van der Waals surface area (Å²) >= 11 is 3.38. The van der Waals surface area contributed by atoms with Crippen molar-refractivity contribution in [1.29, 1.82) is 0 Å². The van der Waals surface area contributed by atoms with Crippen molar-refractivity contribution in [2.75, 3.05) is 16.8 Å². The third-order valence-corrected chi connectivity index (χ3v) is 3.72. The van der Waals surface area contributed by atoms with E-state index in [4.69, 9.17) is 0 Å². The van der Waals surface area contributed by atoms with Gasteiger partial charge >= 0.3 is 6.18 Å². The molecule has 1 unspecified atom stereocenters. The second kappa shape index (κ2) is 6.07. The van der Waals surface area contributed by atoms with Gasteiger partial charge in [-0.2, -0.15) is 13.2 Å². The zero-order valence-corrected chi connectivity index (χ0v) is 11.9. The van der Waals surface area contributed by atoms with Crippen molar-refractivity contribution < 1.29 is 13.2 Å². The highest BCUT2D eigenvalue weighted by atomic mass is 79.9. The molecule has 1 aliphatic heterocycles. The Morgan fingerprint density at radius 1 is 1.37 bits per heavy atom. The van der Waals surface area contributed by atoms with Crippen LogP contribution in [0, 0.1) is 0 Å². The highest BCUT2D eigenvalue weighted by molar-refractivity contribution is 9.09. The van der Waals surface area contributed by atoms with Crippen molar-refractivity contribution in [3.63, 3.8) is 0 Å². The summed E-state index contributed by atoms with van der Waals surface area (Å²) in [5, 5.41) is 0.827. The van der Waals surface area contributed by atoms with Crippen molar-refractivity contribution >= 4 is 21.9 Å². The fraction of sp³-hybridized carbons (Fsp3) is 0.667. The Morgan fingerprint density at radius 2 is 2.16 bits per heavy atom. The van der Waals surface area contributed by atoms with Gasteiger partial charge in [-0.05, 0) is 31.7 Å². The average Bonchev–Trinajstić information content (AvgIpc) is 2.39.